The number of hydrogen-bond acceptors (Lipinski definition) is 2. The van der Waals surface area contributed by atoms with Gasteiger partial charge in [-0.2, -0.15) is 4.58 Å². The number of aliphatic hydroxyl groups is 1. The third-order valence-electron chi connectivity index (χ3n) is 7.51. The highest BCUT2D eigenvalue weighted by atomic mass is 16.3. The molecule has 1 aliphatic heterocycles. The van der Waals surface area contributed by atoms with Crippen molar-refractivity contribution in [2.75, 3.05) is 19.0 Å². The van der Waals surface area contributed by atoms with E-state index in [1.54, 1.807) is 0 Å². The van der Waals surface area contributed by atoms with E-state index >= 15 is 0 Å². The van der Waals surface area contributed by atoms with E-state index in [4.69, 9.17) is 5.11 Å². The maximum absolute atomic E-state index is 11.9. The molecule has 1 amide bonds. The largest absolute Gasteiger partial charge is 0.396 e. The minimum absolute atomic E-state index is 0.0265. The summed E-state index contributed by atoms with van der Waals surface area (Å²) in [5.74, 6) is -0.156. The fourth-order valence-corrected chi connectivity index (χ4v) is 5.71. The maximum atomic E-state index is 11.9. The van der Waals surface area contributed by atoms with E-state index in [2.05, 4.69) is 85.4 Å². The van der Waals surface area contributed by atoms with Crippen molar-refractivity contribution in [2.24, 2.45) is 0 Å². The molecule has 4 nitrogen and oxygen atoms in total. The lowest BCUT2D eigenvalue weighted by molar-refractivity contribution is -0.401. The molecule has 0 aromatic heterocycles. The molecule has 5 rings (SSSR count). The van der Waals surface area contributed by atoms with Crippen molar-refractivity contribution >= 4 is 29.1 Å². The van der Waals surface area contributed by atoms with Crippen LogP contribution in [0.4, 0.5) is 11.4 Å². The summed E-state index contributed by atoms with van der Waals surface area (Å²) >= 11 is 0. The van der Waals surface area contributed by atoms with Crippen LogP contribution in [-0.2, 0) is 16.6 Å². The van der Waals surface area contributed by atoms with Gasteiger partial charge in [-0.1, -0.05) is 36.4 Å². The Kier molecular flexibility index (Phi) is 5.86. The number of amides is 1. The molecule has 0 saturated carbocycles. The number of carbonyl (C=O) groups is 1. The summed E-state index contributed by atoms with van der Waals surface area (Å²) in [4.78, 5) is 11.9. The molecule has 0 spiro atoms. The van der Waals surface area contributed by atoms with Crippen LogP contribution in [0.1, 0.15) is 56.2 Å². The highest BCUT2D eigenvalue weighted by Gasteiger charge is 2.42. The van der Waals surface area contributed by atoms with E-state index in [9.17, 15) is 4.79 Å². The highest BCUT2D eigenvalue weighted by molar-refractivity contribution is 6.03. The van der Waals surface area contributed by atoms with Gasteiger partial charge < -0.3 is 10.4 Å². The Morgan fingerprint density at radius 2 is 1.97 bits per heavy atom. The topological polar surface area (TPSA) is 52.3 Å². The lowest BCUT2D eigenvalue weighted by Crippen LogP contribution is -2.26. The Labute approximate surface area is 202 Å². The second kappa shape index (κ2) is 8.84. The van der Waals surface area contributed by atoms with Gasteiger partial charge >= 0.3 is 0 Å². The minimum atomic E-state index is -0.156. The molecule has 2 aliphatic carbocycles. The van der Waals surface area contributed by atoms with Gasteiger partial charge in [0.1, 0.15) is 7.05 Å². The van der Waals surface area contributed by atoms with E-state index in [1.165, 1.54) is 51.2 Å². The van der Waals surface area contributed by atoms with Crippen molar-refractivity contribution in [3.05, 3.63) is 88.0 Å². The van der Waals surface area contributed by atoms with Gasteiger partial charge in [0.15, 0.2) is 5.71 Å². The number of carbonyl (C=O) groups excluding carboxylic acids is 1. The molecule has 0 radical (unpaired) electrons. The summed E-state index contributed by atoms with van der Waals surface area (Å²) in [6.45, 7) is 4.48. The summed E-state index contributed by atoms with van der Waals surface area (Å²) in [6, 6.07) is 14.8. The second-order valence-electron chi connectivity index (χ2n) is 10.1. The van der Waals surface area contributed by atoms with Crippen molar-refractivity contribution < 1.29 is 14.5 Å². The molecule has 0 fully saturated rings. The van der Waals surface area contributed by atoms with Crippen molar-refractivity contribution in [1.82, 2.24) is 0 Å². The minimum Gasteiger partial charge on any atom is -0.396 e. The molecule has 2 aromatic rings. The van der Waals surface area contributed by atoms with Crippen LogP contribution in [0.2, 0.25) is 0 Å². The number of benzene rings is 2. The van der Waals surface area contributed by atoms with E-state index in [1.807, 2.05) is 6.07 Å². The van der Waals surface area contributed by atoms with Crippen LogP contribution in [0.15, 0.2) is 71.3 Å². The zero-order chi connectivity index (χ0) is 23.9. The van der Waals surface area contributed by atoms with E-state index in [0.717, 1.165) is 24.9 Å². The SMILES string of the molecule is C[N+]1=C(/C=C/C2=C3Cc4cc(NC(=O)CCO)ccc4C=C3CCC2)C(C)(C)c2ccccc21. The molecule has 0 bridgehead atoms. The average molecular weight is 454 g/mol. The quantitative estimate of drug-likeness (QED) is 0.572. The Hall–Kier alpha value is -3.24. The zero-order valence-electron chi connectivity index (χ0n) is 20.3. The first-order valence-corrected chi connectivity index (χ1v) is 12.2. The molecule has 4 heteroatoms. The van der Waals surface area contributed by atoms with Gasteiger partial charge in [-0.15, -0.1) is 0 Å². The third-order valence-corrected chi connectivity index (χ3v) is 7.51. The van der Waals surface area contributed by atoms with Crippen molar-refractivity contribution in [2.45, 2.75) is 51.4 Å². The number of anilines is 1. The van der Waals surface area contributed by atoms with Crippen LogP contribution in [0.5, 0.6) is 0 Å². The third kappa shape index (κ3) is 3.97. The van der Waals surface area contributed by atoms with Gasteiger partial charge in [0.2, 0.25) is 11.6 Å². The monoisotopic (exact) mass is 453 g/mol. The molecule has 174 valence electrons. The Balaban J connectivity index is 1.46. The van der Waals surface area contributed by atoms with Gasteiger partial charge in [0.05, 0.1) is 18.4 Å². The molecule has 0 unspecified atom stereocenters. The molecule has 0 atom stereocenters. The Morgan fingerprint density at radius 1 is 1.15 bits per heavy atom. The van der Waals surface area contributed by atoms with E-state index < -0.39 is 0 Å². The fraction of sp³-hybridized carbons (Fsp3) is 0.333. The zero-order valence-corrected chi connectivity index (χ0v) is 20.3. The number of rotatable bonds is 5. The molecule has 2 N–H and O–H groups in total. The lowest BCUT2D eigenvalue weighted by atomic mass is 9.77. The summed E-state index contributed by atoms with van der Waals surface area (Å²) in [6.07, 6.45) is 11.4. The first-order valence-electron chi connectivity index (χ1n) is 12.2. The molecular formula is C30H33N2O2+. The second-order valence-corrected chi connectivity index (χ2v) is 10.1. The first kappa shape index (κ1) is 22.5. The van der Waals surface area contributed by atoms with Crippen molar-refractivity contribution in [3.8, 4) is 0 Å². The fourth-order valence-electron chi connectivity index (χ4n) is 5.71. The Bertz CT molecular complexity index is 1290. The van der Waals surface area contributed by atoms with Gasteiger partial charge in [0.25, 0.3) is 0 Å². The average Bonchev–Trinajstić information content (AvgIpc) is 3.02. The molecule has 3 aliphatic rings. The van der Waals surface area contributed by atoms with Crippen molar-refractivity contribution in [3.63, 3.8) is 0 Å². The molecule has 1 heterocycles. The number of para-hydroxylation sites is 1. The maximum Gasteiger partial charge on any atom is 0.226 e. The van der Waals surface area contributed by atoms with E-state index in [-0.39, 0.29) is 24.3 Å². The van der Waals surface area contributed by atoms with E-state index in [0.29, 0.717) is 0 Å². The summed E-state index contributed by atoms with van der Waals surface area (Å²) in [7, 11) is 2.17. The predicted molar refractivity (Wildman–Crippen MR) is 139 cm³/mol. The number of nitrogens with one attached hydrogen (secondary N) is 1. The lowest BCUT2D eigenvalue weighted by Gasteiger charge is -2.27. The summed E-state index contributed by atoms with van der Waals surface area (Å²) in [5, 5.41) is 11.9. The standard InChI is InChI=1S/C30H32N2O2/c1-30(2)26-9-4-5-10-27(26)32(3)28(30)14-12-20-7-6-8-22-17-21-11-13-24(31-29(34)15-16-33)18-23(21)19-25(20)22/h4-5,9-14,17-18,33H,6-8,15-16,19H2,1-3H3/p+1. The molecule has 34 heavy (non-hydrogen) atoms. The van der Waals surface area contributed by atoms with Crippen molar-refractivity contribution in [1.29, 1.82) is 0 Å². The number of nitrogens with zero attached hydrogens (tertiary/aromatic N) is 1. The van der Waals surface area contributed by atoms with Crippen LogP contribution in [-0.4, -0.2) is 35.0 Å². The van der Waals surface area contributed by atoms with Gasteiger partial charge in [0, 0.05) is 23.4 Å². The molecule has 0 saturated heterocycles. The van der Waals surface area contributed by atoms with Crippen LogP contribution >= 0.6 is 0 Å². The summed E-state index contributed by atoms with van der Waals surface area (Å²) in [5.41, 5.74) is 11.5. The van der Waals surface area contributed by atoms with Gasteiger partial charge in [-0.3, -0.25) is 4.79 Å². The molecule has 2 aromatic carbocycles. The van der Waals surface area contributed by atoms with Crippen LogP contribution in [0.25, 0.3) is 6.08 Å². The molecular weight excluding hydrogens is 420 g/mol. The van der Waals surface area contributed by atoms with Crippen LogP contribution in [0, 0.1) is 0 Å². The first-order chi connectivity index (χ1) is 16.4. The van der Waals surface area contributed by atoms with Gasteiger partial charge in [-0.05, 0) is 79.5 Å². The summed E-state index contributed by atoms with van der Waals surface area (Å²) < 4.78 is 2.33. The Morgan fingerprint density at radius 3 is 2.76 bits per heavy atom. The highest BCUT2D eigenvalue weighted by Crippen LogP contribution is 2.41. The van der Waals surface area contributed by atoms with Crippen LogP contribution < -0.4 is 5.32 Å². The number of fused-ring (bicyclic) bond motifs is 3. The predicted octanol–water partition coefficient (Wildman–Crippen LogP) is 5.69. The number of allylic oxidation sites excluding steroid dienone is 5. The van der Waals surface area contributed by atoms with Crippen LogP contribution in [0.3, 0.4) is 0 Å². The number of aliphatic hydroxyl groups excluding tert-OH is 1. The smallest absolute Gasteiger partial charge is 0.226 e. The normalized spacial score (nSPS) is 18.5. The van der Waals surface area contributed by atoms with Gasteiger partial charge in [-0.25, -0.2) is 0 Å². The number of hydrogen-bond donors (Lipinski definition) is 2.